The molecule has 0 spiro atoms. The fourth-order valence-corrected chi connectivity index (χ4v) is 2.95. The summed E-state index contributed by atoms with van der Waals surface area (Å²) in [7, 11) is 0. The normalized spacial score (nSPS) is 21.5. The van der Waals surface area contributed by atoms with Crippen LogP contribution in [0, 0.1) is 4.77 Å². The van der Waals surface area contributed by atoms with E-state index in [-0.39, 0.29) is 0 Å². The lowest BCUT2D eigenvalue weighted by atomic mass is 10.3. The van der Waals surface area contributed by atoms with Crippen molar-refractivity contribution >= 4 is 18.2 Å². The number of hydrogen-bond donors (Lipinski definition) is 1. The summed E-state index contributed by atoms with van der Waals surface area (Å²) >= 11 is 5.33. The number of anilines is 1. The van der Waals surface area contributed by atoms with Crippen molar-refractivity contribution in [2.24, 2.45) is 0 Å². The Morgan fingerprint density at radius 2 is 2.00 bits per heavy atom. The summed E-state index contributed by atoms with van der Waals surface area (Å²) in [6.45, 7) is 7.85. The smallest absolute Gasteiger partial charge is 0.226 e. The van der Waals surface area contributed by atoms with E-state index in [9.17, 15) is 0 Å². The van der Waals surface area contributed by atoms with E-state index in [0.717, 1.165) is 36.9 Å². The van der Waals surface area contributed by atoms with E-state index in [4.69, 9.17) is 12.2 Å². The Morgan fingerprint density at radius 1 is 1.28 bits per heavy atom. The molecule has 1 aromatic rings. The third kappa shape index (κ3) is 2.31. The zero-order chi connectivity index (χ0) is 12.5. The first kappa shape index (κ1) is 12.2. The molecule has 0 bridgehead atoms. The Morgan fingerprint density at radius 3 is 2.61 bits per heavy atom. The monoisotopic (exact) mass is 267 g/mol. The Labute approximate surface area is 113 Å². The molecule has 1 aliphatic carbocycles. The van der Waals surface area contributed by atoms with Gasteiger partial charge >= 0.3 is 0 Å². The van der Waals surface area contributed by atoms with Crippen LogP contribution in [0.1, 0.15) is 32.2 Å². The fraction of sp³-hybridized carbons (Fsp3) is 0.833. The SMILES string of the molecule is CCCN1CCN(c2n[nH]c(=S)n2C2CC2)CC1. The van der Waals surface area contributed by atoms with Crippen LogP contribution in [0.25, 0.3) is 0 Å². The minimum Gasteiger partial charge on any atom is -0.338 e. The van der Waals surface area contributed by atoms with Crippen molar-refractivity contribution in [3.8, 4) is 0 Å². The average molecular weight is 267 g/mol. The topological polar surface area (TPSA) is 40.1 Å². The predicted molar refractivity (Wildman–Crippen MR) is 74.6 cm³/mol. The maximum absolute atomic E-state index is 5.33. The number of nitrogens with one attached hydrogen (secondary N) is 1. The number of nitrogens with zero attached hydrogens (tertiary/aromatic N) is 4. The molecule has 3 rings (SSSR count). The van der Waals surface area contributed by atoms with Crippen LogP contribution >= 0.6 is 12.2 Å². The molecule has 2 heterocycles. The number of aromatic nitrogens is 3. The van der Waals surface area contributed by atoms with Crippen LogP contribution in [-0.4, -0.2) is 52.4 Å². The van der Waals surface area contributed by atoms with E-state index in [1.807, 2.05) is 0 Å². The van der Waals surface area contributed by atoms with Gasteiger partial charge in [-0.15, -0.1) is 5.10 Å². The molecule has 1 N–H and O–H groups in total. The van der Waals surface area contributed by atoms with Crippen LogP contribution in [0.3, 0.4) is 0 Å². The molecule has 0 aromatic carbocycles. The molecule has 1 saturated carbocycles. The zero-order valence-electron chi connectivity index (χ0n) is 10.9. The highest BCUT2D eigenvalue weighted by Crippen LogP contribution is 2.37. The fourth-order valence-electron chi connectivity index (χ4n) is 2.67. The first-order chi connectivity index (χ1) is 8.79. The van der Waals surface area contributed by atoms with Crippen molar-refractivity contribution in [2.75, 3.05) is 37.6 Å². The number of aromatic amines is 1. The van der Waals surface area contributed by atoms with Crippen molar-refractivity contribution in [2.45, 2.75) is 32.2 Å². The number of rotatable bonds is 4. The summed E-state index contributed by atoms with van der Waals surface area (Å²) in [6.07, 6.45) is 3.73. The quantitative estimate of drug-likeness (QED) is 0.845. The predicted octanol–water partition coefficient (Wildman–Crippen LogP) is 1.81. The minimum absolute atomic E-state index is 0.597. The summed E-state index contributed by atoms with van der Waals surface area (Å²) < 4.78 is 2.99. The molecule has 6 heteroatoms. The standard InChI is InChI=1S/C12H21N5S/c1-2-5-15-6-8-16(9-7-15)11-13-14-12(18)17(11)10-3-4-10/h10H,2-9H2,1H3,(H,14,18). The minimum atomic E-state index is 0.597. The number of H-pyrrole nitrogens is 1. The largest absolute Gasteiger partial charge is 0.338 e. The summed E-state index contributed by atoms with van der Waals surface area (Å²) in [5.74, 6) is 1.05. The van der Waals surface area contributed by atoms with Gasteiger partial charge in [0.05, 0.1) is 0 Å². The van der Waals surface area contributed by atoms with Crippen LogP contribution in [0.15, 0.2) is 0 Å². The maximum atomic E-state index is 5.33. The van der Waals surface area contributed by atoms with Crippen molar-refractivity contribution in [1.29, 1.82) is 0 Å². The van der Waals surface area contributed by atoms with Gasteiger partial charge in [0.25, 0.3) is 0 Å². The Kier molecular flexibility index (Phi) is 3.39. The molecule has 1 aliphatic heterocycles. The second-order valence-electron chi connectivity index (χ2n) is 5.26. The second-order valence-corrected chi connectivity index (χ2v) is 5.65. The van der Waals surface area contributed by atoms with Gasteiger partial charge in [-0.1, -0.05) is 6.92 Å². The maximum Gasteiger partial charge on any atom is 0.226 e. The highest BCUT2D eigenvalue weighted by Gasteiger charge is 2.30. The molecule has 0 unspecified atom stereocenters. The Bertz CT molecular complexity index is 453. The van der Waals surface area contributed by atoms with Gasteiger partial charge in [0.2, 0.25) is 5.95 Å². The van der Waals surface area contributed by atoms with E-state index in [1.54, 1.807) is 0 Å². The van der Waals surface area contributed by atoms with E-state index in [2.05, 4.69) is 31.5 Å². The molecule has 18 heavy (non-hydrogen) atoms. The highest BCUT2D eigenvalue weighted by molar-refractivity contribution is 7.71. The van der Waals surface area contributed by atoms with Gasteiger partial charge in [-0.05, 0) is 38.0 Å². The van der Waals surface area contributed by atoms with Crippen molar-refractivity contribution in [3.05, 3.63) is 4.77 Å². The van der Waals surface area contributed by atoms with Gasteiger partial charge in [-0.25, -0.2) is 5.10 Å². The van der Waals surface area contributed by atoms with E-state index < -0.39 is 0 Å². The lowest BCUT2D eigenvalue weighted by Gasteiger charge is -2.35. The molecule has 1 aromatic heterocycles. The first-order valence-corrected chi connectivity index (χ1v) is 7.34. The molecule has 1 saturated heterocycles. The summed E-state index contributed by atoms with van der Waals surface area (Å²) in [5, 5.41) is 7.38. The third-order valence-corrected chi connectivity index (χ3v) is 4.08. The van der Waals surface area contributed by atoms with Gasteiger partial charge in [0.1, 0.15) is 0 Å². The third-order valence-electron chi connectivity index (χ3n) is 3.79. The molecular formula is C12H21N5S. The van der Waals surface area contributed by atoms with Crippen molar-refractivity contribution < 1.29 is 0 Å². The average Bonchev–Trinajstić information content (AvgIpc) is 3.14. The van der Waals surface area contributed by atoms with Crippen LogP contribution in [-0.2, 0) is 0 Å². The Balaban J connectivity index is 1.71. The van der Waals surface area contributed by atoms with Crippen LogP contribution in [0.5, 0.6) is 0 Å². The van der Waals surface area contributed by atoms with Crippen LogP contribution in [0.2, 0.25) is 0 Å². The summed E-state index contributed by atoms with van der Waals surface area (Å²) in [6, 6.07) is 0.597. The summed E-state index contributed by atoms with van der Waals surface area (Å²) in [5.41, 5.74) is 0. The Hall–Kier alpha value is -0.880. The van der Waals surface area contributed by atoms with Crippen LogP contribution in [0.4, 0.5) is 5.95 Å². The molecule has 2 fully saturated rings. The molecule has 100 valence electrons. The lowest BCUT2D eigenvalue weighted by Crippen LogP contribution is -2.47. The molecule has 0 amide bonds. The molecule has 0 atom stereocenters. The molecular weight excluding hydrogens is 246 g/mol. The molecule has 5 nitrogen and oxygen atoms in total. The zero-order valence-corrected chi connectivity index (χ0v) is 11.7. The van der Waals surface area contributed by atoms with E-state index >= 15 is 0 Å². The van der Waals surface area contributed by atoms with Crippen molar-refractivity contribution in [3.63, 3.8) is 0 Å². The number of piperazine rings is 1. The van der Waals surface area contributed by atoms with Gasteiger partial charge in [0.15, 0.2) is 4.77 Å². The first-order valence-electron chi connectivity index (χ1n) is 6.94. The van der Waals surface area contributed by atoms with Gasteiger partial charge in [-0.3, -0.25) is 9.47 Å². The van der Waals surface area contributed by atoms with Crippen LogP contribution < -0.4 is 4.90 Å². The van der Waals surface area contributed by atoms with Gasteiger partial charge in [-0.2, -0.15) is 0 Å². The summed E-state index contributed by atoms with van der Waals surface area (Å²) in [4.78, 5) is 4.90. The van der Waals surface area contributed by atoms with E-state index in [0.29, 0.717) is 6.04 Å². The van der Waals surface area contributed by atoms with E-state index in [1.165, 1.54) is 25.8 Å². The highest BCUT2D eigenvalue weighted by atomic mass is 32.1. The molecule has 2 aliphatic rings. The molecule has 0 radical (unpaired) electrons. The second kappa shape index (κ2) is 5.01. The number of hydrogen-bond acceptors (Lipinski definition) is 4. The lowest BCUT2D eigenvalue weighted by molar-refractivity contribution is 0.256. The van der Waals surface area contributed by atoms with Gasteiger partial charge < -0.3 is 4.90 Å². The van der Waals surface area contributed by atoms with Crippen molar-refractivity contribution in [1.82, 2.24) is 19.7 Å². The van der Waals surface area contributed by atoms with Gasteiger partial charge in [0, 0.05) is 32.2 Å².